The number of hydrogen-bond acceptors (Lipinski definition) is 5. The highest BCUT2D eigenvalue weighted by molar-refractivity contribution is 7.07. The highest BCUT2D eigenvalue weighted by atomic mass is 32.1. The average Bonchev–Trinajstić information content (AvgIpc) is 3.04. The van der Waals surface area contributed by atoms with Crippen LogP contribution in [-0.2, 0) is 9.53 Å². The van der Waals surface area contributed by atoms with Crippen molar-refractivity contribution < 1.29 is 14.3 Å². The van der Waals surface area contributed by atoms with Crippen molar-refractivity contribution in [1.82, 2.24) is 14.8 Å². The Balaban J connectivity index is 1.60. The first-order chi connectivity index (χ1) is 11.2. The molecule has 4 rings (SSSR count). The van der Waals surface area contributed by atoms with E-state index in [4.69, 9.17) is 4.74 Å². The first kappa shape index (κ1) is 15.1. The van der Waals surface area contributed by atoms with Crippen LogP contribution in [0.2, 0.25) is 0 Å². The summed E-state index contributed by atoms with van der Waals surface area (Å²) in [5.74, 6) is 0.729. The predicted octanol–water partition coefficient (Wildman–Crippen LogP) is 1.39. The van der Waals surface area contributed by atoms with Crippen LogP contribution in [0.5, 0.6) is 0 Å². The lowest BCUT2D eigenvalue weighted by atomic mass is 9.95. The van der Waals surface area contributed by atoms with Crippen molar-refractivity contribution in [1.29, 1.82) is 0 Å². The van der Waals surface area contributed by atoms with E-state index in [1.807, 2.05) is 4.90 Å². The predicted molar refractivity (Wildman–Crippen MR) is 85.2 cm³/mol. The Kier molecular flexibility index (Phi) is 3.85. The van der Waals surface area contributed by atoms with E-state index in [2.05, 4.69) is 4.98 Å². The van der Waals surface area contributed by atoms with Gasteiger partial charge in [0.15, 0.2) is 0 Å². The molecule has 1 saturated carbocycles. The molecule has 2 aliphatic heterocycles. The Hall–Kier alpha value is -1.47. The summed E-state index contributed by atoms with van der Waals surface area (Å²) in [5.41, 5.74) is 1.80. The molecule has 0 bridgehead atoms. The average molecular weight is 335 g/mol. The molecule has 3 aliphatic rings. The summed E-state index contributed by atoms with van der Waals surface area (Å²) in [6.07, 6.45) is 3.63. The van der Waals surface area contributed by atoms with E-state index in [-0.39, 0.29) is 17.4 Å². The minimum atomic E-state index is -0.345. The number of carbonyl (C=O) groups excluding carboxylic acids is 2. The number of thiazole rings is 1. The zero-order valence-electron chi connectivity index (χ0n) is 13.1. The van der Waals surface area contributed by atoms with E-state index in [0.717, 1.165) is 13.0 Å². The van der Waals surface area contributed by atoms with Crippen LogP contribution in [0.15, 0.2) is 10.9 Å². The highest BCUT2D eigenvalue weighted by Gasteiger charge is 2.48. The van der Waals surface area contributed by atoms with Gasteiger partial charge in [0.2, 0.25) is 5.91 Å². The van der Waals surface area contributed by atoms with E-state index in [1.165, 1.54) is 24.2 Å². The monoisotopic (exact) mass is 335 g/mol. The molecule has 0 aromatic carbocycles. The summed E-state index contributed by atoms with van der Waals surface area (Å²) in [7, 11) is 0. The van der Waals surface area contributed by atoms with Crippen LogP contribution in [0.3, 0.4) is 0 Å². The molecule has 6 nitrogen and oxygen atoms in total. The third-order valence-corrected chi connectivity index (χ3v) is 5.70. The van der Waals surface area contributed by atoms with E-state index in [9.17, 15) is 9.59 Å². The highest BCUT2D eigenvalue weighted by Crippen LogP contribution is 2.37. The fraction of sp³-hybridized carbons (Fsp3) is 0.688. The lowest BCUT2D eigenvalue weighted by molar-refractivity contribution is -0.136. The Morgan fingerprint density at radius 3 is 3.00 bits per heavy atom. The maximum atomic E-state index is 12.7. The maximum Gasteiger partial charge on any atom is 0.273 e. The molecule has 1 spiro atoms. The fourth-order valence-electron chi connectivity index (χ4n) is 3.59. The van der Waals surface area contributed by atoms with Crippen LogP contribution in [-0.4, -0.2) is 65.0 Å². The molecule has 7 heteroatoms. The fourth-order valence-corrected chi connectivity index (χ4v) is 4.12. The molecule has 0 N–H and O–H groups in total. The van der Waals surface area contributed by atoms with Crippen LogP contribution in [0, 0.1) is 5.92 Å². The van der Waals surface area contributed by atoms with Crippen molar-refractivity contribution in [3.8, 4) is 0 Å². The molecule has 1 unspecified atom stereocenters. The first-order valence-corrected chi connectivity index (χ1v) is 9.18. The molecule has 3 fully saturated rings. The number of rotatable bonds is 3. The van der Waals surface area contributed by atoms with Gasteiger partial charge in [-0.1, -0.05) is 0 Å². The van der Waals surface area contributed by atoms with Gasteiger partial charge in [0, 0.05) is 38.0 Å². The molecule has 3 heterocycles. The summed E-state index contributed by atoms with van der Waals surface area (Å²) in [4.78, 5) is 33.4. The van der Waals surface area contributed by atoms with Crippen LogP contribution >= 0.6 is 11.3 Å². The van der Waals surface area contributed by atoms with Gasteiger partial charge in [-0.2, -0.15) is 0 Å². The summed E-state index contributed by atoms with van der Waals surface area (Å²) in [5, 5.41) is 1.77. The van der Waals surface area contributed by atoms with Crippen LogP contribution < -0.4 is 0 Å². The van der Waals surface area contributed by atoms with Crippen LogP contribution in [0.1, 0.15) is 36.2 Å². The van der Waals surface area contributed by atoms with Crippen molar-refractivity contribution >= 4 is 23.2 Å². The summed E-state index contributed by atoms with van der Waals surface area (Å²) in [6.45, 7) is 3.04. The minimum Gasteiger partial charge on any atom is -0.379 e. The van der Waals surface area contributed by atoms with Crippen molar-refractivity contribution in [2.24, 2.45) is 5.92 Å². The number of aromatic nitrogens is 1. The van der Waals surface area contributed by atoms with Crippen LogP contribution in [0.4, 0.5) is 0 Å². The lowest BCUT2D eigenvalue weighted by Gasteiger charge is -2.40. The van der Waals surface area contributed by atoms with Gasteiger partial charge in [-0.05, 0) is 25.2 Å². The SMILES string of the molecule is O=C(c1cscn1)N1CCC(=O)N(CC2CC2)C2(CCOC2)C1. The van der Waals surface area contributed by atoms with Crippen molar-refractivity contribution in [2.75, 3.05) is 32.8 Å². The molecule has 0 radical (unpaired) electrons. The molecule has 1 atom stereocenters. The summed E-state index contributed by atoms with van der Waals surface area (Å²) in [6, 6.07) is 0. The van der Waals surface area contributed by atoms with E-state index in [1.54, 1.807) is 15.8 Å². The molecule has 1 aliphatic carbocycles. The Morgan fingerprint density at radius 1 is 1.48 bits per heavy atom. The van der Waals surface area contributed by atoms with Crippen molar-refractivity contribution in [3.05, 3.63) is 16.6 Å². The van der Waals surface area contributed by atoms with Gasteiger partial charge < -0.3 is 14.5 Å². The molecule has 1 aromatic rings. The zero-order valence-corrected chi connectivity index (χ0v) is 13.9. The Labute approximate surface area is 139 Å². The van der Waals surface area contributed by atoms with Crippen molar-refractivity contribution in [2.45, 2.75) is 31.2 Å². The van der Waals surface area contributed by atoms with Gasteiger partial charge in [-0.3, -0.25) is 9.59 Å². The normalized spacial score (nSPS) is 28.4. The quantitative estimate of drug-likeness (QED) is 0.837. The second-order valence-corrected chi connectivity index (χ2v) is 7.54. The third kappa shape index (κ3) is 2.87. The second-order valence-electron chi connectivity index (χ2n) is 6.83. The van der Waals surface area contributed by atoms with E-state index >= 15 is 0 Å². The third-order valence-electron chi connectivity index (χ3n) is 5.11. The molecular formula is C16H21N3O3S. The van der Waals surface area contributed by atoms with E-state index < -0.39 is 0 Å². The summed E-state index contributed by atoms with van der Waals surface area (Å²) >= 11 is 1.42. The number of nitrogens with zero attached hydrogens (tertiary/aromatic N) is 3. The molecule has 23 heavy (non-hydrogen) atoms. The summed E-state index contributed by atoms with van der Waals surface area (Å²) < 4.78 is 5.65. The number of hydrogen-bond donors (Lipinski definition) is 0. The zero-order chi connectivity index (χ0) is 15.9. The Morgan fingerprint density at radius 2 is 2.35 bits per heavy atom. The first-order valence-electron chi connectivity index (χ1n) is 8.24. The Bertz CT molecular complexity index is 594. The molecule has 2 saturated heterocycles. The number of carbonyl (C=O) groups is 2. The molecule has 1 aromatic heterocycles. The van der Waals surface area contributed by atoms with Gasteiger partial charge in [-0.25, -0.2) is 4.98 Å². The standard InChI is InChI=1S/C16H21N3O3S/c20-14-3-5-18(15(21)13-8-23-11-17-13)9-16(4-6-22-10-16)19(14)7-12-1-2-12/h8,11-12H,1-7,9-10H2. The maximum absolute atomic E-state index is 12.7. The lowest BCUT2D eigenvalue weighted by Crippen LogP contribution is -2.57. The van der Waals surface area contributed by atoms with Gasteiger partial charge in [0.05, 0.1) is 17.7 Å². The number of ether oxygens (including phenoxy) is 1. The largest absolute Gasteiger partial charge is 0.379 e. The second kappa shape index (κ2) is 5.87. The van der Waals surface area contributed by atoms with Crippen LogP contribution in [0.25, 0.3) is 0 Å². The minimum absolute atomic E-state index is 0.0707. The van der Waals surface area contributed by atoms with Gasteiger partial charge in [0.1, 0.15) is 5.69 Å². The number of amides is 2. The molecule has 124 valence electrons. The van der Waals surface area contributed by atoms with Crippen molar-refractivity contribution in [3.63, 3.8) is 0 Å². The molecule has 2 amide bonds. The van der Waals surface area contributed by atoms with Gasteiger partial charge in [-0.15, -0.1) is 11.3 Å². The van der Waals surface area contributed by atoms with Gasteiger partial charge in [0.25, 0.3) is 5.91 Å². The smallest absolute Gasteiger partial charge is 0.273 e. The topological polar surface area (TPSA) is 62.7 Å². The van der Waals surface area contributed by atoms with Gasteiger partial charge >= 0.3 is 0 Å². The van der Waals surface area contributed by atoms with E-state index in [0.29, 0.717) is 44.3 Å². The molecular weight excluding hydrogens is 314 g/mol.